The largest absolute Gasteiger partial charge is 0.532 e. The van der Waals surface area contributed by atoms with Gasteiger partial charge in [0.25, 0.3) is 0 Å². The van der Waals surface area contributed by atoms with Crippen LogP contribution in [-0.4, -0.2) is 103 Å². The van der Waals surface area contributed by atoms with E-state index in [4.69, 9.17) is 73.4 Å². The van der Waals surface area contributed by atoms with Crippen LogP contribution in [0.4, 0.5) is 0 Å². The SMILES string of the molecule is Brc1ccc(Br)o1.Brc1ccc2oc(Br)cc2c1.CC1(C)CC(c2cc3cc(Br)ccc3o2)CC1(C)C.CC1(C)OB(c2ccc3oc(B4OC(C)(C)C(C)(C)O4)cc3c2)OC1(C)C.CC1(OC(=O)c2ccc(B3OC(C)(C)C(C)(C)O3)cc2B2OC(C)(C)C(C)(C)O2)CCCCC1.Cc1cc2cc(B3OC(C)(C)C(C)(C)O3)ccc2o1. The Labute approximate surface area is 735 Å². The average Bonchev–Trinajstić information content (AvgIpc) is 1.63. The van der Waals surface area contributed by atoms with E-state index in [1.807, 2.05) is 194 Å². The third-order valence-corrected chi connectivity index (χ3v) is 28.8. The quantitative estimate of drug-likeness (QED) is 0.103. The molecule has 5 aliphatic heterocycles. The Hall–Kier alpha value is -4.67. The van der Waals surface area contributed by atoms with Crippen molar-refractivity contribution in [1.29, 1.82) is 0 Å². The van der Waals surface area contributed by atoms with E-state index in [-0.39, 0.29) is 35.5 Å². The van der Waals surface area contributed by atoms with Crippen molar-refractivity contribution in [1.82, 2.24) is 0 Å². The molecule has 0 atom stereocenters. The number of fused-ring (bicyclic) bond motifs is 4. The summed E-state index contributed by atoms with van der Waals surface area (Å²) in [5.74, 6) is 2.29. The summed E-state index contributed by atoms with van der Waals surface area (Å²) >= 11 is 16.4. The van der Waals surface area contributed by atoms with Gasteiger partial charge in [0.05, 0.1) is 61.6 Å². The topological polar surface area (TPSA) is 184 Å². The number of halogens is 5. The second-order valence-corrected chi connectivity index (χ2v) is 42.9. The van der Waals surface area contributed by atoms with Crippen molar-refractivity contribution < 1.29 is 78.2 Å². The zero-order valence-corrected chi connectivity index (χ0v) is 80.8. The molecule has 27 heteroatoms. The fourth-order valence-corrected chi connectivity index (χ4v) is 16.9. The number of hydrogen-bond donors (Lipinski definition) is 0. The first kappa shape index (κ1) is 91.5. The molecule has 10 heterocycles. The van der Waals surface area contributed by atoms with Crippen molar-refractivity contribution in [3.05, 3.63) is 167 Å². The molecule has 0 radical (unpaired) electrons. The van der Waals surface area contributed by atoms with Crippen LogP contribution in [0.5, 0.6) is 0 Å². The van der Waals surface area contributed by atoms with Gasteiger partial charge in [-0.25, -0.2) is 4.79 Å². The summed E-state index contributed by atoms with van der Waals surface area (Å²) < 4.78 is 100. The molecule has 0 bridgehead atoms. The Balaban J connectivity index is 0.000000136. The van der Waals surface area contributed by atoms with Gasteiger partial charge in [-0.2, -0.15) is 0 Å². The van der Waals surface area contributed by atoms with Crippen LogP contribution in [0.3, 0.4) is 0 Å². The van der Waals surface area contributed by atoms with E-state index in [2.05, 4.69) is 187 Å². The number of carbonyl (C=O) groups excluding carboxylic acids is 1. The Morgan fingerprint density at radius 2 is 0.701 bits per heavy atom. The van der Waals surface area contributed by atoms with Gasteiger partial charge in [-0.1, -0.05) is 102 Å². The van der Waals surface area contributed by atoms with Gasteiger partial charge >= 0.3 is 41.6 Å². The molecular formula is C90H114B5Br5O17. The lowest BCUT2D eigenvalue weighted by Gasteiger charge is -2.34. The van der Waals surface area contributed by atoms with Gasteiger partial charge in [0.2, 0.25) is 0 Å². The smallest absolute Gasteiger partial charge is 0.465 e. The fourth-order valence-electron chi connectivity index (χ4n) is 14.9. The Kier molecular flexibility index (Phi) is 26.2. The number of furan rings is 5. The van der Waals surface area contributed by atoms with E-state index in [1.165, 1.54) is 24.6 Å². The van der Waals surface area contributed by atoms with Crippen molar-refractivity contribution in [2.75, 3.05) is 0 Å². The van der Waals surface area contributed by atoms with E-state index < -0.39 is 67.7 Å². The molecule has 0 amide bonds. The van der Waals surface area contributed by atoms with Crippen LogP contribution >= 0.6 is 79.6 Å². The molecule has 5 aromatic carbocycles. The van der Waals surface area contributed by atoms with Gasteiger partial charge in [0.1, 0.15) is 45.1 Å². The highest BCUT2D eigenvalue weighted by Gasteiger charge is 2.58. The number of aryl methyl sites for hydroxylation is 1. The van der Waals surface area contributed by atoms with E-state index >= 15 is 0 Å². The van der Waals surface area contributed by atoms with Gasteiger partial charge in [0.15, 0.2) is 14.0 Å². The molecule has 0 spiro atoms. The van der Waals surface area contributed by atoms with Crippen LogP contribution < -0.4 is 27.5 Å². The van der Waals surface area contributed by atoms with Gasteiger partial charge in [-0.05, 0) is 362 Å². The van der Waals surface area contributed by atoms with E-state index in [1.54, 1.807) is 6.07 Å². The Bertz CT molecular complexity index is 5050. The molecule has 0 N–H and O–H groups in total. The first-order valence-electron chi connectivity index (χ1n) is 40.6. The fraction of sp³-hybridized carbons (Fsp3) is 0.522. The average molecular weight is 1920 g/mol. The summed E-state index contributed by atoms with van der Waals surface area (Å²) in [5.41, 5.74) is 4.39. The van der Waals surface area contributed by atoms with Gasteiger partial charge in [-0.3, -0.25) is 0 Å². The molecule has 2 aliphatic carbocycles. The monoisotopic (exact) mass is 1920 g/mol. The van der Waals surface area contributed by atoms with Crippen molar-refractivity contribution in [2.45, 2.75) is 292 Å². The molecule has 7 aliphatic rings. The van der Waals surface area contributed by atoms with E-state index in [0.717, 1.165) is 115 Å². The Morgan fingerprint density at radius 1 is 0.342 bits per heavy atom. The lowest BCUT2D eigenvalue weighted by atomic mass is 9.69. The maximum Gasteiger partial charge on any atom is 0.532 e. The first-order chi connectivity index (χ1) is 54.0. The number of ether oxygens (including phenoxy) is 1. The third-order valence-electron chi connectivity index (χ3n) is 26.6. The van der Waals surface area contributed by atoms with Crippen molar-refractivity contribution in [3.8, 4) is 0 Å². The number of hydrogen-bond acceptors (Lipinski definition) is 17. The minimum Gasteiger partial charge on any atom is -0.465 e. The lowest BCUT2D eigenvalue weighted by molar-refractivity contribution is -0.0268. The number of carbonyl (C=O) groups is 1. The molecule has 5 aromatic heterocycles. The molecule has 17 rings (SSSR count). The number of esters is 1. The Morgan fingerprint density at radius 3 is 1.14 bits per heavy atom. The highest BCUT2D eigenvalue weighted by atomic mass is 79.9. The second kappa shape index (κ2) is 33.4. The third kappa shape index (κ3) is 19.9. The van der Waals surface area contributed by atoms with Crippen LogP contribution in [0.15, 0.2) is 172 Å². The molecule has 2 saturated carbocycles. The molecule has 5 saturated heterocycles. The summed E-state index contributed by atoms with van der Waals surface area (Å²) in [7, 11) is -2.47. The molecular weight excluding hydrogens is 1810 g/mol. The molecule has 117 heavy (non-hydrogen) atoms. The van der Waals surface area contributed by atoms with Crippen LogP contribution in [-0.2, 0) is 51.3 Å². The predicted octanol–water partition coefficient (Wildman–Crippen LogP) is 23.1. The lowest BCUT2D eigenvalue weighted by Crippen LogP contribution is -2.44. The van der Waals surface area contributed by atoms with Crippen molar-refractivity contribution >= 4 is 193 Å². The summed E-state index contributed by atoms with van der Waals surface area (Å²) in [5, 5.41) is 4.37. The number of benzene rings is 5. The van der Waals surface area contributed by atoms with Crippen LogP contribution in [0.25, 0.3) is 43.9 Å². The summed E-state index contributed by atoms with van der Waals surface area (Å²) in [6.45, 7) is 54.3. The maximum atomic E-state index is 13.5. The normalized spacial score (nSPS) is 22.2. The van der Waals surface area contributed by atoms with Gasteiger partial charge < -0.3 is 73.4 Å². The highest BCUT2D eigenvalue weighted by molar-refractivity contribution is 9.11. The maximum absolute atomic E-state index is 13.5. The minimum absolute atomic E-state index is 0.307. The van der Waals surface area contributed by atoms with Gasteiger partial charge in [-0.15, -0.1) is 0 Å². The molecule has 0 unspecified atom stereocenters. The van der Waals surface area contributed by atoms with Crippen LogP contribution in [0.1, 0.15) is 246 Å². The standard InChI is InChI=1S/C26H40B2O6.C20H28B2O5.C17H21BrO.C15H19BO3.C8H4Br2O.C4H2Br2O/c1-22(2)23(3,4)32-27(31-22)18-13-14-19(21(29)30-26(9)15-11-10-12-16-26)20(17-18)28-33-24(5,6)25(7,8)34-28;1-17(2)18(3,4)25-21(24-17)14-9-10-15-13(11-14)12-16(23-15)22-26-19(5,6)20(7,8)27-22;1-16(2)9-12(10-17(16,3)4)15-8-11-7-13(18)5-6-14(11)19-15;1-10-8-11-9-12(6-7-13(11)17-10)16-18-14(2,3)15(4,5)19-16;9-6-1-2-7-5(3-6)4-8(10)11-7;5-3-1-2-4(6)7-3/h13-14,17H,10-12,15-16H2,1-9H3;9-12H,1-8H3;5-8,12H,9-10H2,1-4H3;6-9H,1-5H3;1-4H;1-2H. The second-order valence-electron chi connectivity index (χ2n) is 38.8. The zero-order chi connectivity index (χ0) is 85.8. The summed E-state index contributed by atoms with van der Waals surface area (Å²) in [4.78, 5) is 13.5. The van der Waals surface area contributed by atoms with Crippen LogP contribution in [0.2, 0.25) is 0 Å². The van der Waals surface area contributed by atoms with Crippen molar-refractivity contribution in [2.24, 2.45) is 10.8 Å². The van der Waals surface area contributed by atoms with E-state index in [9.17, 15) is 4.79 Å². The zero-order valence-electron chi connectivity index (χ0n) is 72.9. The van der Waals surface area contributed by atoms with Gasteiger partial charge in [0, 0.05) is 36.4 Å². The number of rotatable bonds is 8. The van der Waals surface area contributed by atoms with E-state index in [0.29, 0.717) is 33.4 Å². The minimum atomic E-state index is -0.700. The highest BCUT2D eigenvalue weighted by Crippen LogP contribution is 2.58. The molecule has 7 fully saturated rings. The molecule has 10 aromatic rings. The molecule has 17 nitrogen and oxygen atoms in total. The first-order valence-corrected chi connectivity index (χ1v) is 44.6. The van der Waals surface area contributed by atoms with Crippen LogP contribution in [0, 0.1) is 17.8 Å². The summed E-state index contributed by atoms with van der Waals surface area (Å²) in [6.07, 6.45) is 7.54. The summed E-state index contributed by atoms with van der Waals surface area (Å²) in [6, 6.07) is 41.6. The predicted molar refractivity (Wildman–Crippen MR) is 488 cm³/mol. The molecule has 626 valence electrons. The van der Waals surface area contributed by atoms with Crippen molar-refractivity contribution in [3.63, 3.8) is 0 Å².